The van der Waals surface area contributed by atoms with E-state index in [1.165, 1.54) is 17.8 Å². The molecule has 3 nitrogen and oxygen atoms in total. The van der Waals surface area contributed by atoms with Gasteiger partial charge in [0.2, 0.25) is 0 Å². The van der Waals surface area contributed by atoms with E-state index < -0.39 is 0 Å². The van der Waals surface area contributed by atoms with Gasteiger partial charge in [-0.2, -0.15) is 0 Å². The van der Waals surface area contributed by atoms with Crippen LogP contribution in [0.1, 0.15) is 11.1 Å². The highest BCUT2D eigenvalue weighted by Gasteiger charge is 2.08. The van der Waals surface area contributed by atoms with E-state index in [0.717, 1.165) is 0 Å². The Balaban J connectivity index is 2.12. The van der Waals surface area contributed by atoms with E-state index in [1.54, 1.807) is 30.5 Å². The largest absolute Gasteiger partial charge is 0.384 e. The highest BCUT2D eigenvalue weighted by molar-refractivity contribution is 7.98. The van der Waals surface area contributed by atoms with Crippen LogP contribution in [0.25, 0.3) is 0 Å². The number of benzene rings is 1. The third-order valence-electron chi connectivity index (χ3n) is 2.45. The summed E-state index contributed by atoms with van der Waals surface area (Å²) in [5.74, 6) is -0.112. The van der Waals surface area contributed by atoms with E-state index >= 15 is 0 Å². The lowest BCUT2D eigenvalue weighted by Gasteiger charge is -2.06. The second-order valence-corrected chi connectivity index (χ2v) is 5.17. The van der Waals surface area contributed by atoms with Crippen LogP contribution in [0.3, 0.4) is 0 Å². The van der Waals surface area contributed by atoms with Crippen molar-refractivity contribution in [2.45, 2.75) is 10.8 Å². The molecule has 0 unspecified atom stereocenters. The van der Waals surface area contributed by atoms with Crippen LogP contribution in [0.2, 0.25) is 5.02 Å². The first-order valence-corrected chi connectivity index (χ1v) is 6.80. The van der Waals surface area contributed by atoms with Crippen LogP contribution in [-0.2, 0) is 5.75 Å². The van der Waals surface area contributed by atoms with Crippen molar-refractivity contribution >= 4 is 29.2 Å². The van der Waals surface area contributed by atoms with Crippen LogP contribution in [-0.4, -0.2) is 10.8 Å². The summed E-state index contributed by atoms with van der Waals surface area (Å²) in [6.07, 6.45) is 1.64. The molecule has 0 radical (unpaired) electrons. The Morgan fingerprint density at radius 2 is 2.21 bits per heavy atom. The average molecular weight is 296 g/mol. The molecule has 0 saturated heterocycles. The van der Waals surface area contributed by atoms with Gasteiger partial charge < -0.3 is 5.73 Å². The van der Waals surface area contributed by atoms with Gasteiger partial charge in [0.1, 0.15) is 16.7 Å². The van der Waals surface area contributed by atoms with Gasteiger partial charge in [0, 0.05) is 17.5 Å². The third kappa shape index (κ3) is 3.45. The van der Waals surface area contributed by atoms with Crippen molar-refractivity contribution in [3.8, 4) is 0 Å². The number of aromatic nitrogens is 1. The summed E-state index contributed by atoms with van der Waals surface area (Å²) in [6.45, 7) is 0. The van der Waals surface area contributed by atoms with Crippen LogP contribution in [0, 0.1) is 11.2 Å². The summed E-state index contributed by atoms with van der Waals surface area (Å²) in [5.41, 5.74) is 6.20. The molecule has 0 spiro atoms. The molecule has 1 heterocycles. The number of thioether (sulfide) groups is 1. The van der Waals surface area contributed by atoms with Gasteiger partial charge in [-0.3, -0.25) is 5.41 Å². The highest BCUT2D eigenvalue weighted by Crippen LogP contribution is 2.28. The first kappa shape index (κ1) is 13.8. The van der Waals surface area contributed by atoms with Crippen LogP contribution >= 0.6 is 23.4 Å². The Hall–Kier alpha value is -1.59. The van der Waals surface area contributed by atoms with Crippen molar-refractivity contribution < 1.29 is 4.39 Å². The van der Waals surface area contributed by atoms with Gasteiger partial charge in [-0.15, -0.1) is 11.8 Å². The number of nitrogens with zero attached hydrogens (tertiary/aromatic N) is 1. The minimum atomic E-state index is -0.382. The Labute approximate surface area is 119 Å². The molecule has 0 bridgehead atoms. The van der Waals surface area contributed by atoms with Crippen molar-refractivity contribution in [1.82, 2.24) is 4.98 Å². The van der Waals surface area contributed by atoms with Gasteiger partial charge in [-0.05, 0) is 23.8 Å². The van der Waals surface area contributed by atoms with Crippen molar-refractivity contribution in [2.75, 3.05) is 0 Å². The molecule has 3 N–H and O–H groups in total. The lowest BCUT2D eigenvalue weighted by Crippen LogP contribution is -2.11. The van der Waals surface area contributed by atoms with Crippen molar-refractivity contribution in [3.05, 3.63) is 58.5 Å². The minimum Gasteiger partial charge on any atom is -0.384 e. The quantitative estimate of drug-likeness (QED) is 0.516. The van der Waals surface area contributed by atoms with Crippen LogP contribution in [0.5, 0.6) is 0 Å². The molecule has 0 atom stereocenters. The fourth-order valence-corrected chi connectivity index (χ4v) is 2.61. The molecule has 6 heteroatoms. The Morgan fingerprint density at radius 3 is 2.84 bits per heavy atom. The normalized spacial score (nSPS) is 10.4. The molecule has 19 heavy (non-hydrogen) atoms. The molecule has 0 aliphatic rings. The summed E-state index contributed by atoms with van der Waals surface area (Å²) >= 11 is 7.34. The number of nitrogens with two attached hydrogens (primary N) is 1. The van der Waals surface area contributed by atoms with E-state index in [1.807, 2.05) is 0 Å². The van der Waals surface area contributed by atoms with Gasteiger partial charge in [0.15, 0.2) is 0 Å². The van der Waals surface area contributed by atoms with Gasteiger partial charge in [0.05, 0.1) is 5.02 Å². The molecule has 0 saturated carbocycles. The molecule has 0 aliphatic carbocycles. The second-order valence-electron chi connectivity index (χ2n) is 3.80. The van der Waals surface area contributed by atoms with E-state index in [0.29, 0.717) is 26.9 Å². The van der Waals surface area contributed by atoms with Crippen molar-refractivity contribution in [3.63, 3.8) is 0 Å². The van der Waals surface area contributed by atoms with Crippen molar-refractivity contribution in [2.24, 2.45) is 5.73 Å². The molecule has 1 aromatic heterocycles. The second kappa shape index (κ2) is 6.04. The number of hydrogen-bond acceptors (Lipinski definition) is 3. The van der Waals surface area contributed by atoms with E-state index in [4.69, 9.17) is 22.7 Å². The van der Waals surface area contributed by atoms with Gasteiger partial charge in [0.25, 0.3) is 0 Å². The summed E-state index contributed by atoms with van der Waals surface area (Å²) in [7, 11) is 0. The summed E-state index contributed by atoms with van der Waals surface area (Å²) in [4.78, 5) is 4.12. The highest BCUT2D eigenvalue weighted by atomic mass is 35.5. The van der Waals surface area contributed by atoms with E-state index in [2.05, 4.69) is 4.98 Å². The van der Waals surface area contributed by atoms with Gasteiger partial charge in [-0.25, -0.2) is 9.37 Å². The molecule has 1 aromatic carbocycles. The zero-order chi connectivity index (χ0) is 13.8. The Kier molecular flexibility index (Phi) is 4.39. The molecule has 2 aromatic rings. The smallest absolute Gasteiger partial charge is 0.127 e. The lowest BCUT2D eigenvalue weighted by molar-refractivity contribution is 0.617. The standard InChI is InChI=1S/C13H11ClFN3S/c14-10-2-1-5-18-13(10)19-7-9-4-3-8(12(16)17)6-11(9)15/h1-6H,7H2,(H3,16,17). The summed E-state index contributed by atoms with van der Waals surface area (Å²) in [5, 5.41) is 8.46. The first-order chi connectivity index (χ1) is 9.08. The van der Waals surface area contributed by atoms with E-state index in [9.17, 15) is 4.39 Å². The number of hydrogen-bond donors (Lipinski definition) is 2. The zero-order valence-electron chi connectivity index (χ0n) is 9.86. The number of halogens is 2. The molecule has 0 aliphatic heterocycles. The lowest BCUT2D eigenvalue weighted by atomic mass is 10.1. The first-order valence-electron chi connectivity index (χ1n) is 5.44. The zero-order valence-corrected chi connectivity index (χ0v) is 11.4. The maximum absolute atomic E-state index is 13.8. The molecule has 0 fully saturated rings. The molecule has 2 rings (SSSR count). The number of amidine groups is 1. The van der Waals surface area contributed by atoms with Crippen molar-refractivity contribution in [1.29, 1.82) is 5.41 Å². The van der Waals surface area contributed by atoms with Crippen LogP contribution < -0.4 is 5.73 Å². The van der Waals surface area contributed by atoms with Gasteiger partial charge in [-0.1, -0.05) is 23.7 Å². The minimum absolute atomic E-state index is 0.147. The number of nitrogens with one attached hydrogen (secondary N) is 1. The summed E-state index contributed by atoms with van der Waals surface area (Å²) < 4.78 is 13.8. The average Bonchev–Trinajstić information content (AvgIpc) is 2.39. The van der Waals surface area contributed by atoms with Crippen LogP contribution in [0.4, 0.5) is 4.39 Å². The number of pyridine rings is 1. The maximum atomic E-state index is 13.8. The monoisotopic (exact) mass is 295 g/mol. The number of nitrogen functional groups attached to an aromatic ring is 1. The molecular weight excluding hydrogens is 285 g/mol. The summed E-state index contributed by atoms with van der Waals surface area (Å²) in [6, 6.07) is 8.00. The Morgan fingerprint density at radius 1 is 1.42 bits per heavy atom. The maximum Gasteiger partial charge on any atom is 0.127 e. The molecule has 98 valence electrons. The number of rotatable bonds is 4. The van der Waals surface area contributed by atoms with E-state index in [-0.39, 0.29) is 11.7 Å². The Bertz CT molecular complexity index is 619. The fraction of sp³-hybridized carbons (Fsp3) is 0.0769. The SMILES string of the molecule is N=C(N)c1ccc(CSc2ncccc2Cl)c(F)c1. The predicted molar refractivity (Wildman–Crippen MR) is 76.2 cm³/mol. The molecular formula is C13H11ClFN3S. The third-order valence-corrected chi connectivity index (χ3v) is 3.92. The molecule has 0 amide bonds. The van der Waals surface area contributed by atoms with Gasteiger partial charge >= 0.3 is 0 Å². The fourth-order valence-electron chi connectivity index (χ4n) is 1.46. The van der Waals surface area contributed by atoms with Crippen LogP contribution in [0.15, 0.2) is 41.6 Å². The topological polar surface area (TPSA) is 62.8 Å². The predicted octanol–water partition coefficient (Wildman–Crippen LogP) is 3.45.